The molecule has 0 aliphatic heterocycles. The maximum absolute atomic E-state index is 4.64. The Morgan fingerprint density at radius 1 is 1.25 bits per heavy atom. The largest absolute Gasteiger partial charge is 0.147 e. The van der Waals surface area contributed by atoms with Crippen LogP contribution in [0.3, 0.4) is 0 Å². The molecule has 29 valence electrons. The second-order valence-electron chi connectivity index (χ2n) is 0. The fourth-order valence-electron chi connectivity index (χ4n) is 0. The molecular weight excluding hydrogens is 326 g/mol. The molecule has 0 unspecified atom stereocenters. The van der Waals surface area contributed by atoms with Gasteiger partial charge in [0.15, 0.2) is 0 Å². The van der Waals surface area contributed by atoms with Crippen molar-refractivity contribution in [2.45, 2.75) is 0 Å². The molecule has 0 saturated heterocycles. The molecule has 0 atom stereocenters. The Hall–Kier alpha value is 0.970. The minimum atomic E-state index is 0. The number of rotatable bonds is 0. The van der Waals surface area contributed by atoms with E-state index in [1.54, 1.807) is 0 Å². The van der Waals surface area contributed by atoms with Crippen molar-refractivity contribution in [3.05, 3.63) is 0 Å². The summed E-state index contributed by atoms with van der Waals surface area (Å²) in [6.07, 6.45) is 1.47. The monoisotopic (exact) mass is 327 g/mol. The molecule has 0 heterocycles. The second kappa shape index (κ2) is 37.2. The first-order chi connectivity index (χ1) is 1.00. The maximum atomic E-state index is 4.64. The summed E-state index contributed by atoms with van der Waals surface area (Å²) >= 11 is 4.64. The van der Waals surface area contributed by atoms with E-state index >= 15 is 0 Å². The molecule has 4 heavy (non-hydrogen) atoms. The van der Waals surface area contributed by atoms with E-state index in [0.29, 0.717) is 0 Å². The molecule has 0 bridgehead atoms. The molecular formula is CH4AmCl2. The number of halogens is 2. The van der Waals surface area contributed by atoms with Gasteiger partial charge in [-0.05, 0) is 0 Å². The summed E-state index contributed by atoms with van der Waals surface area (Å²) in [7, 11) is 0. The molecule has 0 amide bonds. The first kappa shape index (κ1) is 20.2. The van der Waals surface area contributed by atoms with Gasteiger partial charge in [-0.15, -0.1) is 24.0 Å². The molecule has 1 radical (unpaired) electrons. The Balaban J connectivity index is -0.00000000500. The second-order valence-corrected chi connectivity index (χ2v) is 0. The third-order valence-corrected chi connectivity index (χ3v) is 0. The Morgan fingerprint density at radius 2 is 1.25 bits per heavy atom. The van der Waals surface area contributed by atoms with Crippen molar-refractivity contribution in [2.75, 3.05) is 6.38 Å². The van der Waals surface area contributed by atoms with E-state index in [-0.39, 0.29) is 26.7 Å². The summed E-state index contributed by atoms with van der Waals surface area (Å²) in [5, 5.41) is 0. The summed E-state index contributed by atoms with van der Waals surface area (Å²) in [4.78, 5) is 0. The van der Waals surface area contributed by atoms with Crippen LogP contribution in [0.25, 0.3) is 0 Å². The molecule has 0 aromatic carbocycles. The number of hydrogen-bond donors (Lipinski definition) is 0. The van der Waals surface area contributed by atoms with Crippen LogP contribution in [0.4, 0.5) is 0 Å². The third-order valence-electron chi connectivity index (χ3n) is 0. The van der Waals surface area contributed by atoms with Crippen LogP contribution in [0.1, 0.15) is 0 Å². The van der Waals surface area contributed by atoms with Crippen LogP contribution < -0.4 is 0 Å². The average molecular weight is 330 g/mol. The molecule has 0 aromatic rings. The molecule has 0 N–H and O–H groups in total. The predicted octanol–water partition coefficient (Wildman–Crippen LogP) is 1.28. The van der Waals surface area contributed by atoms with E-state index in [1.165, 1.54) is 6.38 Å². The van der Waals surface area contributed by atoms with Gasteiger partial charge < -0.3 is 0 Å². The molecule has 0 aliphatic rings. The van der Waals surface area contributed by atoms with E-state index in [0.717, 1.165) is 0 Å². The smallest absolute Gasteiger partial charge is 0.0108 e. The Kier molecular flexibility index (Phi) is 188. The van der Waals surface area contributed by atoms with Gasteiger partial charge in [0.05, 0.1) is 0 Å². The summed E-state index contributed by atoms with van der Waals surface area (Å²) < 4.78 is 0. The van der Waals surface area contributed by atoms with Gasteiger partial charge in [0.25, 0.3) is 0 Å². The van der Waals surface area contributed by atoms with E-state index in [4.69, 9.17) is 0 Å². The van der Waals surface area contributed by atoms with E-state index < -0.39 is 0 Å². The maximum Gasteiger partial charge on any atom is 0.0108 e. The van der Waals surface area contributed by atoms with Gasteiger partial charge in [0, 0.05) is 20.7 Å². The van der Waals surface area contributed by atoms with Crippen LogP contribution in [0.2, 0.25) is 0 Å². The third kappa shape index (κ3) is 12.3. The summed E-state index contributed by atoms with van der Waals surface area (Å²) in [6, 6.07) is 0. The molecule has 0 spiro atoms. The summed E-state index contributed by atoms with van der Waals surface area (Å²) in [5.74, 6) is 0. The molecule has 0 aromatic heterocycles. The van der Waals surface area contributed by atoms with Gasteiger partial charge in [-0.2, -0.15) is 0 Å². The van der Waals surface area contributed by atoms with Crippen LogP contribution in [0, 0.1) is 14.3 Å². The summed E-state index contributed by atoms with van der Waals surface area (Å²) in [6.45, 7) is 0. The van der Waals surface area contributed by atoms with E-state index in [9.17, 15) is 0 Å². The topological polar surface area (TPSA) is 0 Å². The average Bonchev–Trinajstić information content (AvgIpc) is 1.00. The molecule has 3 heteroatoms. The van der Waals surface area contributed by atoms with Gasteiger partial charge >= 0.3 is 0 Å². The first-order valence-corrected chi connectivity index (χ1v) is 1.13. The molecule has 0 saturated carbocycles. The minimum absolute atomic E-state index is 0. The quantitative estimate of drug-likeness (QED) is 0.587. The minimum Gasteiger partial charge on any atom is -0.147 e. The molecule has 0 aliphatic carbocycles. The van der Waals surface area contributed by atoms with Gasteiger partial charge in [0.2, 0.25) is 0 Å². The van der Waals surface area contributed by atoms with Crippen molar-refractivity contribution >= 4 is 24.0 Å². The SMILES string of the molecule is CCl.Cl.[Am]. The van der Waals surface area contributed by atoms with Crippen LogP contribution in [0.5, 0.6) is 0 Å². The van der Waals surface area contributed by atoms with Crippen molar-refractivity contribution in [3.8, 4) is 0 Å². The van der Waals surface area contributed by atoms with Gasteiger partial charge in [-0.25, -0.2) is 0 Å². The molecule has 0 nitrogen and oxygen atoms in total. The first-order valence-electron chi connectivity index (χ1n) is 0.378. The standard InChI is InChI=1S/CH3Cl.Am.ClH/c1-2;;/h1H3;;1H. The van der Waals surface area contributed by atoms with E-state index in [1.807, 2.05) is 0 Å². The van der Waals surface area contributed by atoms with Crippen LogP contribution in [-0.4, -0.2) is 6.38 Å². The fraction of sp³-hybridized carbons (Fsp3) is 1.00. The molecule has 0 fully saturated rings. The number of alkyl halides is 1. The Labute approximate surface area is 45.1 Å². The Morgan fingerprint density at radius 3 is 1.25 bits per heavy atom. The normalized spacial score (nSPS) is 1.50. The Bertz CT molecular complexity index is 6.00. The van der Waals surface area contributed by atoms with Gasteiger partial charge in [0.1, 0.15) is 0 Å². The predicted molar refractivity (Wildman–Crippen MR) is 19.0 cm³/mol. The van der Waals surface area contributed by atoms with Crippen LogP contribution in [0.15, 0.2) is 0 Å². The fourth-order valence-corrected chi connectivity index (χ4v) is 0. The molecule has 0 rings (SSSR count). The van der Waals surface area contributed by atoms with Crippen molar-refractivity contribution in [3.63, 3.8) is 0 Å². The van der Waals surface area contributed by atoms with Crippen molar-refractivity contribution in [2.24, 2.45) is 0 Å². The summed E-state index contributed by atoms with van der Waals surface area (Å²) in [5.41, 5.74) is 0. The zero-order valence-corrected chi connectivity index (χ0v) is 6.88. The zero-order chi connectivity index (χ0) is 2.00. The van der Waals surface area contributed by atoms with Gasteiger partial charge in [-0.1, -0.05) is 0 Å². The number of hydrogen-bond acceptors (Lipinski definition) is 0. The van der Waals surface area contributed by atoms with Crippen molar-refractivity contribution in [1.82, 2.24) is 0 Å². The zero-order valence-electron chi connectivity index (χ0n) is 2.16. The van der Waals surface area contributed by atoms with Crippen molar-refractivity contribution < 1.29 is 14.3 Å². The van der Waals surface area contributed by atoms with Crippen LogP contribution >= 0.6 is 24.0 Å². The van der Waals surface area contributed by atoms with E-state index in [2.05, 4.69) is 11.6 Å². The van der Waals surface area contributed by atoms with Crippen LogP contribution in [-0.2, 0) is 0 Å². The van der Waals surface area contributed by atoms with Crippen molar-refractivity contribution in [1.29, 1.82) is 0 Å². The van der Waals surface area contributed by atoms with Gasteiger partial charge in [-0.3, -0.25) is 0 Å².